The Labute approximate surface area is 196 Å². The van der Waals surface area contributed by atoms with Gasteiger partial charge in [0.25, 0.3) is 0 Å². The molecule has 1 saturated heterocycles. The minimum Gasteiger partial charge on any atom is -0.391 e. The monoisotopic (exact) mass is 457 g/mol. The summed E-state index contributed by atoms with van der Waals surface area (Å²) in [5.74, 6) is 1.79. The first-order valence-electron chi connectivity index (χ1n) is 12.0. The van der Waals surface area contributed by atoms with Gasteiger partial charge in [-0.2, -0.15) is 0 Å². The molecule has 1 aromatic carbocycles. The Kier molecular flexibility index (Phi) is 7.41. The van der Waals surface area contributed by atoms with Crippen LogP contribution >= 0.6 is 11.6 Å². The Balaban J connectivity index is 1.39. The Bertz CT molecular complexity index is 856. The molecule has 0 radical (unpaired) electrons. The number of amides is 1. The van der Waals surface area contributed by atoms with E-state index in [0.29, 0.717) is 49.5 Å². The van der Waals surface area contributed by atoms with Crippen LogP contribution in [-0.4, -0.2) is 67.9 Å². The van der Waals surface area contributed by atoms with E-state index in [2.05, 4.69) is 22.5 Å². The summed E-state index contributed by atoms with van der Waals surface area (Å²) in [5.41, 5.74) is 3.36. The summed E-state index contributed by atoms with van der Waals surface area (Å²) in [6.07, 6.45) is 4.71. The van der Waals surface area contributed by atoms with Gasteiger partial charge < -0.3 is 20.4 Å². The van der Waals surface area contributed by atoms with Crippen LogP contribution in [0.15, 0.2) is 35.5 Å². The van der Waals surface area contributed by atoms with Gasteiger partial charge in [-0.15, -0.1) is 0 Å². The van der Waals surface area contributed by atoms with Crippen molar-refractivity contribution in [2.45, 2.75) is 38.5 Å². The highest BCUT2D eigenvalue weighted by Gasteiger charge is 2.32. The standard InChI is InChI=1S/C25H36ClN5O/c1-17-3-10-22(28-2)23(17)24(27)30-11-13-31(14-12-30)25(32)21(16-29-15-18-4-5-18)19-6-8-20(26)9-7-19/h6-9,17-18,21,27-29H,3-5,10-16H2,1-2H3/t17-,21-/m1/s1. The molecule has 1 aliphatic heterocycles. The van der Waals surface area contributed by atoms with E-state index in [1.165, 1.54) is 18.5 Å². The second-order valence-electron chi connectivity index (χ2n) is 9.45. The van der Waals surface area contributed by atoms with Crippen LogP contribution in [0.5, 0.6) is 0 Å². The lowest BCUT2D eigenvalue weighted by molar-refractivity contribution is -0.134. The molecule has 3 N–H and O–H groups in total. The molecule has 32 heavy (non-hydrogen) atoms. The minimum atomic E-state index is -0.203. The van der Waals surface area contributed by atoms with Gasteiger partial charge in [0.2, 0.25) is 5.91 Å². The highest BCUT2D eigenvalue weighted by Crippen LogP contribution is 2.32. The Morgan fingerprint density at radius 2 is 1.78 bits per heavy atom. The maximum atomic E-state index is 13.5. The number of carbonyl (C=O) groups is 1. The first kappa shape index (κ1) is 23.1. The van der Waals surface area contributed by atoms with Crippen molar-refractivity contribution in [3.8, 4) is 0 Å². The topological polar surface area (TPSA) is 71.5 Å². The molecule has 1 amide bonds. The van der Waals surface area contributed by atoms with Crippen molar-refractivity contribution in [2.24, 2.45) is 11.8 Å². The SMILES string of the molecule is CNC1=C(C(=N)N2CCN(C(=O)[C@H](CNCC3CC3)c3ccc(Cl)cc3)CC2)[C@H](C)CC1. The normalized spacial score (nSPS) is 22.3. The molecule has 0 spiro atoms. The van der Waals surface area contributed by atoms with Crippen molar-refractivity contribution < 1.29 is 4.79 Å². The number of hydrogen-bond acceptors (Lipinski definition) is 4. The van der Waals surface area contributed by atoms with E-state index in [1.807, 2.05) is 36.2 Å². The lowest BCUT2D eigenvalue weighted by atomic mass is 9.96. The number of hydrogen-bond donors (Lipinski definition) is 3. The lowest BCUT2D eigenvalue weighted by Crippen LogP contribution is -2.52. The summed E-state index contributed by atoms with van der Waals surface area (Å²) in [6, 6.07) is 7.69. The predicted molar refractivity (Wildman–Crippen MR) is 130 cm³/mol. The van der Waals surface area contributed by atoms with Crippen LogP contribution in [0.1, 0.15) is 44.1 Å². The van der Waals surface area contributed by atoms with Crippen molar-refractivity contribution in [3.63, 3.8) is 0 Å². The van der Waals surface area contributed by atoms with E-state index in [4.69, 9.17) is 17.0 Å². The summed E-state index contributed by atoms with van der Waals surface area (Å²) in [4.78, 5) is 17.6. The maximum absolute atomic E-state index is 13.5. The van der Waals surface area contributed by atoms with Gasteiger partial charge in [-0.25, -0.2) is 0 Å². The lowest BCUT2D eigenvalue weighted by Gasteiger charge is -2.38. The number of halogens is 1. The van der Waals surface area contributed by atoms with Crippen LogP contribution in [0, 0.1) is 17.2 Å². The summed E-state index contributed by atoms with van der Waals surface area (Å²) in [5, 5.41) is 16.3. The molecule has 6 nitrogen and oxygen atoms in total. The number of piperazine rings is 1. The Hall–Kier alpha value is -2.05. The van der Waals surface area contributed by atoms with Crippen LogP contribution < -0.4 is 10.6 Å². The summed E-state index contributed by atoms with van der Waals surface area (Å²) in [6.45, 7) is 6.59. The van der Waals surface area contributed by atoms with Gasteiger partial charge in [-0.3, -0.25) is 10.2 Å². The van der Waals surface area contributed by atoms with E-state index < -0.39 is 0 Å². The molecule has 0 bridgehead atoms. The third kappa shape index (κ3) is 5.29. The van der Waals surface area contributed by atoms with E-state index >= 15 is 0 Å². The molecule has 3 aliphatic rings. The van der Waals surface area contributed by atoms with E-state index in [1.54, 1.807) is 0 Å². The summed E-state index contributed by atoms with van der Waals surface area (Å²) >= 11 is 6.08. The molecule has 1 heterocycles. The number of benzene rings is 1. The van der Waals surface area contributed by atoms with E-state index in [9.17, 15) is 4.79 Å². The number of allylic oxidation sites excluding steroid dienone is 1. The molecule has 0 unspecified atom stereocenters. The molecule has 2 aliphatic carbocycles. The van der Waals surface area contributed by atoms with Gasteiger partial charge in [-0.1, -0.05) is 30.7 Å². The molecule has 2 fully saturated rings. The largest absolute Gasteiger partial charge is 0.391 e. The third-order valence-corrected chi connectivity index (χ3v) is 7.41. The van der Waals surface area contributed by atoms with Gasteiger partial charge >= 0.3 is 0 Å². The van der Waals surface area contributed by atoms with Crippen molar-refractivity contribution in [1.82, 2.24) is 20.4 Å². The van der Waals surface area contributed by atoms with Crippen molar-refractivity contribution in [1.29, 1.82) is 5.41 Å². The number of nitrogens with one attached hydrogen (secondary N) is 3. The third-order valence-electron chi connectivity index (χ3n) is 7.16. The average Bonchev–Trinajstić information content (AvgIpc) is 3.56. The van der Waals surface area contributed by atoms with Crippen LogP contribution in [0.25, 0.3) is 0 Å². The van der Waals surface area contributed by atoms with Crippen molar-refractivity contribution in [3.05, 3.63) is 46.1 Å². The predicted octanol–water partition coefficient (Wildman–Crippen LogP) is 3.45. The molecular weight excluding hydrogens is 422 g/mol. The average molecular weight is 458 g/mol. The molecular formula is C25H36ClN5O. The molecule has 1 saturated carbocycles. The quantitative estimate of drug-likeness (QED) is 0.413. The fraction of sp³-hybridized carbons (Fsp3) is 0.600. The molecule has 174 valence electrons. The summed E-state index contributed by atoms with van der Waals surface area (Å²) < 4.78 is 0. The highest BCUT2D eigenvalue weighted by atomic mass is 35.5. The zero-order valence-electron chi connectivity index (χ0n) is 19.3. The molecule has 2 atom stereocenters. The van der Waals surface area contributed by atoms with Gasteiger partial charge in [-0.05, 0) is 61.8 Å². The maximum Gasteiger partial charge on any atom is 0.231 e. The smallest absolute Gasteiger partial charge is 0.231 e. The molecule has 1 aromatic rings. The number of carbonyl (C=O) groups excluding carboxylic acids is 1. The Morgan fingerprint density at radius 1 is 1.12 bits per heavy atom. The van der Waals surface area contributed by atoms with Gasteiger partial charge in [0.1, 0.15) is 5.84 Å². The molecule has 0 aromatic heterocycles. The van der Waals surface area contributed by atoms with Gasteiger partial charge in [0.15, 0.2) is 0 Å². The Morgan fingerprint density at radius 3 is 2.41 bits per heavy atom. The summed E-state index contributed by atoms with van der Waals surface area (Å²) in [7, 11) is 1.95. The second-order valence-corrected chi connectivity index (χ2v) is 9.89. The second kappa shape index (κ2) is 10.3. The zero-order valence-corrected chi connectivity index (χ0v) is 20.0. The molecule has 4 rings (SSSR count). The van der Waals surface area contributed by atoms with Crippen LogP contribution in [-0.2, 0) is 4.79 Å². The van der Waals surface area contributed by atoms with E-state index in [0.717, 1.165) is 36.4 Å². The van der Waals surface area contributed by atoms with E-state index in [-0.39, 0.29) is 11.8 Å². The number of amidine groups is 1. The van der Waals surface area contributed by atoms with Gasteiger partial charge in [0, 0.05) is 56.1 Å². The van der Waals surface area contributed by atoms with Crippen molar-refractivity contribution >= 4 is 23.3 Å². The fourth-order valence-electron chi connectivity index (χ4n) is 4.91. The fourth-order valence-corrected chi connectivity index (χ4v) is 5.04. The zero-order chi connectivity index (χ0) is 22.7. The first-order valence-corrected chi connectivity index (χ1v) is 12.3. The minimum absolute atomic E-state index is 0.172. The van der Waals surface area contributed by atoms with Crippen molar-refractivity contribution in [2.75, 3.05) is 46.3 Å². The molecule has 7 heteroatoms. The van der Waals surface area contributed by atoms with Crippen LogP contribution in [0.4, 0.5) is 0 Å². The highest BCUT2D eigenvalue weighted by molar-refractivity contribution is 6.30. The number of rotatable bonds is 8. The first-order chi connectivity index (χ1) is 15.5. The van der Waals surface area contributed by atoms with Crippen LogP contribution in [0.3, 0.4) is 0 Å². The van der Waals surface area contributed by atoms with Gasteiger partial charge in [0.05, 0.1) is 5.92 Å². The number of nitrogens with zero attached hydrogens (tertiary/aromatic N) is 2. The van der Waals surface area contributed by atoms with Crippen LogP contribution in [0.2, 0.25) is 5.02 Å².